The van der Waals surface area contributed by atoms with Crippen LogP contribution in [0.15, 0.2) is 48.5 Å². The van der Waals surface area contributed by atoms with Gasteiger partial charge < -0.3 is 16.2 Å². The van der Waals surface area contributed by atoms with Gasteiger partial charge in [0.15, 0.2) is 5.69 Å². The number of nitrogens with zero attached hydrogens (tertiary/aromatic N) is 2. The lowest BCUT2D eigenvalue weighted by Gasteiger charge is -2.09. The molecule has 0 atom stereocenters. The van der Waals surface area contributed by atoms with Crippen molar-refractivity contribution in [1.82, 2.24) is 10.2 Å². The summed E-state index contributed by atoms with van der Waals surface area (Å²) in [6.45, 7) is 0. The molecule has 1 heterocycles. The third-order valence-corrected chi connectivity index (χ3v) is 3.02. The predicted molar refractivity (Wildman–Crippen MR) is 79.0 cm³/mol. The quantitative estimate of drug-likeness (QED) is 0.715. The van der Waals surface area contributed by atoms with E-state index < -0.39 is 5.91 Å². The number of rotatable bonds is 3. The molecule has 0 fully saturated rings. The zero-order valence-corrected chi connectivity index (χ0v) is 11.0. The van der Waals surface area contributed by atoms with Gasteiger partial charge in [-0.25, -0.2) is 0 Å². The van der Waals surface area contributed by atoms with Gasteiger partial charge in [-0.05, 0) is 18.2 Å². The molecule has 21 heavy (non-hydrogen) atoms. The van der Waals surface area contributed by atoms with Gasteiger partial charge in [0.1, 0.15) is 5.75 Å². The number of anilines is 1. The fourth-order valence-corrected chi connectivity index (χ4v) is 2.00. The molecule has 0 unspecified atom stereocenters. The van der Waals surface area contributed by atoms with E-state index in [0.29, 0.717) is 11.4 Å². The SMILES string of the molecule is NC(=O)c1ccc(Oc2ccc(N)c3ccccc23)nn1. The highest BCUT2D eigenvalue weighted by molar-refractivity contribution is 5.97. The number of primary amides is 1. The summed E-state index contributed by atoms with van der Waals surface area (Å²) in [5, 5.41) is 9.29. The van der Waals surface area contributed by atoms with Crippen molar-refractivity contribution in [2.45, 2.75) is 0 Å². The molecule has 0 bridgehead atoms. The number of carbonyl (C=O) groups is 1. The molecular weight excluding hydrogens is 268 g/mol. The fourth-order valence-electron chi connectivity index (χ4n) is 2.00. The van der Waals surface area contributed by atoms with Crippen LogP contribution in [0.25, 0.3) is 10.8 Å². The van der Waals surface area contributed by atoms with E-state index in [2.05, 4.69) is 10.2 Å². The molecule has 104 valence electrons. The maximum atomic E-state index is 10.9. The van der Waals surface area contributed by atoms with E-state index in [9.17, 15) is 4.79 Å². The molecule has 0 radical (unpaired) electrons. The summed E-state index contributed by atoms with van der Waals surface area (Å²) in [7, 11) is 0. The molecule has 6 heteroatoms. The Bertz CT molecular complexity index is 816. The number of nitrogen functional groups attached to an aromatic ring is 1. The van der Waals surface area contributed by atoms with Gasteiger partial charge in [-0.3, -0.25) is 4.79 Å². The third-order valence-electron chi connectivity index (χ3n) is 3.02. The second-order valence-corrected chi connectivity index (χ2v) is 4.42. The summed E-state index contributed by atoms with van der Waals surface area (Å²) in [5.41, 5.74) is 11.8. The van der Waals surface area contributed by atoms with Crippen LogP contribution in [0.1, 0.15) is 10.5 Å². The van der Waals surface area contributed by atoms with Gasteiger partial charge in [-0.1, -0.05) is 24.3 Å². The maximum Gasteiger partial charge on any atom is 0.269 e. The average Bonchev–Trinajstić information content (AvgIpc) is 2.51. The predicted octanol–water partition coefficient (Wildman–Crippen LogP) is 2.10. The molecule has 3 aromatic rings. The number of amides is 1. The van der Waals surface area contributed by atoms with Gasteiger partial charge in [-0.2, -0.15) is 0 Å². The summed E-state index contributed by atoms with van der Waals surface area (Å²) < 4.78 is 5.70. The number of benzene rings is 2. The van der Waals surface area contributed by atoms with Gasteiger partial charge in [0.25, 0.3) is 5.91 Å². The molecule has 1 amide bonds. The molecular formula is C15H12N4O2. The first-order valence-electron chi connectivity index (χ1n) is 6.24. The Labute approximate surface area is 120 Å². The zero-order valence-electron chi connectivity index (χ0n) is 11.0. The number of nitrogens with two attached hydrogens (primary N) is 2. The molecule has 2 aromatic carbocycles. The minimum atomic E-state index is -0.632. The average molecular weight is 280 g/mol. The normalized spacial score (nSPS) is 10.5. The molecule has 0 aliphatic rings. The monoisotopic (exact) mass is 280 g/mol. The number of ether oxygens (including phenoxy) is 1. The Morgan fingerprint density at radius 3 is 2.38 bits per heavy atom. The van der Waals surface area contributed by atoms with E-state index in [1.165, 1.54) is 12.1 Å². The van der Waals surface area contributed by atoms with Crippen molar-refractivity contribution in [2.75, 3.05) is 5.73 Å². The van der Waals surface area contributed by atoms with Gasteiger partial charge in [0.05, 0.1) is 0 Å². The minimum absolute atomic E-state index is 0.0875. The van der Waals surface area contributed by atoms with Crippen molar-refractivity contribution in [3.8, 4) is 11.6 Å². The first-order valence-corrected chi connectivity index (χ1v) is 6.24. The van der Waals surface area contributed by atoms with E-state index in [4.69, 9.17) is 16.2 Å². The van der Waals surface area contributed by atoms with Crippen molar-refractivity contribution in [3.05, 3.63) is 54.2 Å². The summed E-state index contributed by atoms with van der Waals surface area (Å²) in [6, 6.07) is 14.2. The smallest absolute Gasteiger partial charge is 0.269 e. The van der Waals surface area contributed by atoms with E-state index in [1.807, 2.05) is 24.3 Å². The van der Waals surface area contributed by atoms with Crippen molar-refractivity contribution in [3.63, 3.8) is 0 Å². The van der Waals surface area contributed by atoms with Crippen molar-refractivity contribution in [1.29, 1.82) is 0 Å². The van der Waals surface area contributed by atoms with Crippen LogP contribution in [0, 0.1) is 0 Å². The van der Waals surface area contributed by atoms with Crippen molar-refractivity contribution in [2.24, 2.45) is 5.73 Å². The van der Waals surface area contributed by atoms with Crippen LogP contribution >= 0.6 is 0 Å². The maximum absolute atomic E-state index is 10.9. The molecule has 0 aliphatic heterocycles. The first kappa shape index (κ1) is 12.9. The number of hydrogen-bond acceptors (Lipinski definition) is 5. The Balaban J connectivity index is 1.98. The van der Waals surface area contributed by atoms with Crippen molar-refractivity contribution >= 4 is 22.4 Å². The van der Waals surface area contributed by atoms with Crippen LogP contribution < -0.4 is 16.2 Å². The standard InChI is InChI=1S/C15H12N4O2/c16-11-5-7-13(10-4-2-1-3-9(10)11)21-14-8-6-12(15(17)20)18-19-14/h1-8H,16H2,(H2,17,20). The first-order chi connectivity index (χ1) is 10.1. The lowest BCUT2D eigenvalue weighted by molar-refractivity contribution is 0.0994. The second kappa shape index (κ2) is 5.09. The van der Waals surface area contributed by atoms with Crippen LogP contribution in [-0.4, -0.2) is 16.1 Å². The van der Waals surface area contributed by atoms with Crippen LogP contribution in [-0.2, 0) is 0 Å². The minimum Gasteiger partial charge on any atom is -0.437 e. The van der Waals surface area contributed by atoms with Crippen LogP contribution in [0.4, 0.5) is 5.69 Å². The van der Waals surface area contributed by atoms with E-state index in [-0.39, 0.29) is 11.6 Å². The van der Waals surface area contributed by atoms with Crippen LogP contribution in [0.2, 0.25) is 0 Å². The van der Waals surface area contributed by atoms with Gasteiger partial charge in [0, 0.05) is 22.5 Å². The Hall–Kier alpha value is -3.15. The Morgan fingerprint density at radius 2 is 1.71 bits per heavy atom. The molecule has 0 spiro atoms. The van der Waals surface area contributed by atoms with Gasteiger partial charge in [-0.15, -0.1) is 10.2 Å². The van der Waals surface area contributed by atoms with Crippen LogP contribution in [0.5, 0.6) is 11.6 Å². The van der Waals surface area contributed by atoms with Gasteiger partial charge >= 0.3 is 0 Å². The summed E-state index contributed by atoms with van der Waals surface area (Å²) in [6.07, 6.45) is 0. The summed E-state index contributed by atoms with van der Waals surface area (Å²) in [4.78, 5) is 10.9. The lowest BCUT2D eigenvalue weighted by Crippen LogP contribution is -2.13. The highest BCUT2D eigenvalue weighted by atomic mass is 16.5. The van der Waals surface area contributed by atoms with E-state index >= 15 is 0 Å². The highest BCUT2D eigenvalue weighted by Crippen LogP contribution is 2.32. The molecule has 1 aromatic heterocycles. The molecule has 0 saturated heterocycles. The zero-order chi connectivity index (χ0) is 14.8. The lowest BCUT2D eigenvalue weighted by atomic mass is 10.1. The number of fused-ring (bicyclic) bond motifs is 1. The van der Waals surface area contributed by atoms with E-state index in [0.717, 1.165) is 10.8 Å². The topological polar surface area (TPSA) is 104 Å². The van der Waals surface area contributed by atoms with Crippen LogP contribution in [0.3, 0.4) is 0 Å². The molecule has 0 aliphatic carbocycles. The Kier molecular flexibility index (Phi) is 3.12. The summed E-state index contributed by atoms with van der Waals surface area (Å²) >= 11 is 0. The second-order valence-electron chi connectivity index (χ2n) is 4.42. The van der Waals surface area contributed by atoms with E-state index in [1.54, 1.807) is 12.1 Å². The molecule has 4 N–H and O–H groups in total. The third kappa shape index (κ3) is 2.46. The summed E-state index contributed by atoms with van der Waals surface area (Å²) in [5.74, 6) is 0.253. The number of hydrogen-bond donors (Lipinski definition) is 2. The van der Waals surface area contributed by atoms with Gasteiger partial charge in [0.2, 0.25) is 5.88 Å². The largest absolute Gasteiger partial charge is 0.437 e. The number of aromatic nitrogens is 2. The van der Waals surface area contributed by atoms with Crippen molar-refractivity contribution < 1.29 is 9.53 Å². The highest BCUT2D eigenvalue weighted by Gasteiger charge is 2.08. The Morgan fingerprint density at radius 1 is 0.952 bits per heavy atom. The number of carbonyl (C=O) groups excluding carboxylic acids is 1. The molecule has 0 saturated carbocycles. The molecule has 3 rings (SSSR count). The fraction of sp³-hybridized carbons (Fsp3) is 0. The molecule has 6 nitrogen and oxygen atoms in total.